The zero-order valence-electron chi connectivity index (χ0n) is 7.46. The van der Waals surface area contributed by atoms with Crippen LogP contribution >= 0.6 is 31.9 Å². The van der Waals surface area contributed by atoms with Crippen molar-refractivity contribution in [3.05, 3.63) is 39.2 Å². The molecule has 74 valence electrons. The molecule has 0 amide bonds. The van der Waals surface area contributed by atoms with Crippen molar-refractivity contribution in [1.82, 2.24) is 9.97 Å². The molecule has 0 unspecified atom stereocenters. The lowest BCUT2D eigenvalue weighted by atomic mass is 10.1. The first-order chi connectivity index (χ1) is 7.24. The number of hydrogen-bond donors (Lipinski definition) is 1. The molecule has 3 nitrogen and oxygen atoms in total. The Morgan fingerprint density at radius 1 is 1.40 bits per heavy atom. The Balaban J connectivity index is 2.65. The van der Waals surface area contributed by atoms with Gasteiger partial charge in [0, 0.05) is 18.0 Å². The van der Waals surface area contributed by atoms with Crippen LogP contribution in [0.1, 0.15) is 5.56 Å². The first-order valence-electron chi connectivity index (χ1n) is 4.11. The highest BCUT2D eigenvalue weighted by Gasteiger charge is 2.14. The van der Waals surface area contributed by atoms with Crippen LogP contribution < -0.4 is 0 Å². The van der Waals surface area contributed by atoms with E-state index in [0.717, 1.165) is 20.3 Å². The Hall–Kier alpha value is -1.12. The van der Waals surface area contributed by atoms with Gasteiger partial charge in [-0.05, 0) is 44.0 Å². The van der Waals surface area contributed by atoms with Crippen LogP contribution in [0, 0.1) is 11.3 Å². The molecule has 0 spiro atoms. The number of aromatic amines is 1. The highest BCUT2D eigenvalue weighted by atomic mass is 79.9. The molecule has 1 N–H and O–H groups in total. The van der Waals surface area contributed by atoms with E-state index in [1.54, 1.807) is 12.4 Å². The number of pyridine rings is 1. The quantitative estimate of drug-likeness (QED) is 0.872. The third-order valence-corrected chi connectivity index (χ3v) is 3.88. The third-order valence-electron chi connectivity index (χ3n) is 1.96. The van der Waals surface area contributed by atoms with Crippen molar-refractivity contribution in [3.8, 4) is 17.3 Å². The zero-order chi connectivity index (χ0) is 10.8. The van der Waals surface area contributed by atoms with Gasteiger partial charge >= 0.3 is 0 Å². The van der Waals surface area contributed by atoms with Gasteiger partial charge in [-0.15, -0.1) is 0 Å². The largest absolute Gasteiger partial charge is 0.347 e. The topological polar surface area (TPSA) is 52.5 Å². The lowest BCUT2D eigenvalue weighted by molar-refractivity contribution is 1.29. The minimum absolute atomic E-state index is 0.579. The van der Waals surface area contributed by atoms with Crippen molar-refractivity contribution in [2.75, 3.05) is 0 Å². The molecule has 0 fully saturated rings. The second-order valence-corrected chi connectivity index (χ2v) is 4.44. The van der Waals surface area contributed by atoms with Gasteiger partial charge in [-0.1, -0.05) is 0 Å². The Kier molecular flexibility index (Phi) is 2.89. The summed E-state index contributed by atoms with van der Waals surface area (Å²) in [5, 5.41) is 9.03. The standard InChI is InChI=1S/C10H5Br2N3/c11-8-7(4-13)9(15-10(8)12)6-2-1-3-14-5-6/h1-3,5,15H. The van der Waals surface area contributed by atoms with E-state index >= 15 is 0 Å². The molecule has 0 saturated heterocycles. The number of nitriles is 1. The molecule has 2 heterocycles. The van der Waals surface area contributed by atoms with E-state index in [9.17, 15) is 0 Å². The maximum absolute atomic E-state index is 9.03. The molecule has 0 atom stereocenters. The second-order valence-electron chi connectivity index (χ2n) is 2.86. The molecule has 2 aromatic heterocycles. The fourth-order valence-electron chi connectivity index (χ4n) is 1.28. The first kappa shape index (κ1) is 10.4. The summed E-state index contributed by atoms with van der Waals surface area (Å²) >= 11 is 6.67. The van der Waals surface area contributed by atoms with Crippen LogP contribution in [0.4, 0.5) is 0 Å². The Morgan fingerprint density at radius 2 is 2.20 bits per heavy atom. The molecule has 0 radical (unpaired) electrons. The Labute approximate surface area is 103 Å². The van der Waals surface area contributed by atoms with E-state index in [-0.39, 0.29) is 0 Å². The van der Waals surface area contributed by atoms with E-state index in [1.807, 2.05) is 12.1 Å². The van der Waals surface area contributed by atoms with Crippen molar-refractivity contribution in [2.45, 2.75) is 0 Å². The smallest absolute Gasteiger partial charge is 0.103 e. The summed E-state index contributed by atoms with van der Waals surface area (Å²) in [5.41, 5.74) is 2.24. The van der Waals surface area contributed by atoms with E-state index in [2.05, 4.69) is 47.9 Å². The molecule has 0 aliphatic carbocycles. The molecule has 15 heavy (non-hydrogen) atoms. The number of nitrogens with zero attached hydrogens (tertiary/aromatic N) is 2. The van der Waals surface area contributed by atoms with Gasteiger partial charge in [0.1, 0.15) is 6.07 Å². The lowest BCUT2D eigenvalue weighted by Crippen LogP contribution is -1.82. The number of rotatable bonds is 1. The van der Waals surface area contributed by atoms with Crippen molar-refractivity contribution in [3.63, 3.8) is 0 Å². The molecule has 2 aromatic rings. The average molecular weight is 327 g/mol. The fourth-order valence-corrected chi connectivity index (χ4v) is 2.06. The SMILES string of the molecule is N#Cc1c(-c2cccnc2)[nH]c(Br)c1Br. The summed E-state index contributed by atoms with van der Waals surface area (Å²) < 4.78 is 1.50. The third kappa shape index (κ3) is 1.83. The summed E-state index contributed by atoms with van der Waals surface area (Å²) in [5.74, 6) is 0. The minimum atomic E-state index is 0.579. The fraction of sp³-hybridized carbons (Fsp3) is 0. The van der Waals surface area contributed by atoms with E-state index in [0.29, 0.717) is 5.56 Å². The van der Waals surface area contributed by atoms with Gasteiger partial charge in [0.2, 0.25) is 0 Å². The van der Waals surface area contributed by atoms with Crippen molar-refractivity contribution >= 4 is 31.9 Å². The number of aromatic nitrogens is 2. The normalized spacial score (nSPS) is 9.93. The summed E-state index contributed by atoms with van der Waals surface area (Å²) in [6.07, 6.45) is 3.41. The lowest BCUT2D eigenvalue weighted by Gasteiger charge is -1.96. The van der Waals surface area contributed by atoms with E-state index in [1.165, 1.54) is 0 Å². The highest BCUT2D eigenvalue weighted by molar-refractivity contribution is 9.13. The number of halogens is 2. The average Bonchev–Trinajstić information content (AvgIpc) is 2.56. The maximum atomic E-state index is 9.03. The van der Waals surface area contributed by atoms with Gasteiger partial charge in [0.15, 0.2) is 0 Å². The van der Waals surface area contributed by atoms with Gasteiger partial charge in [0.25, 0.3) is 0 Å². The van der Waals surface area contributed by atoms with Crippen molar-refractivity contribution in [2.24, 2.45) is 0 Å². The van der Waals surface area contributed by atoms with Crippen LogP contribution in [0.2, 0.25) is 0 Å². The molecule has 0 aliphatic heterocycles. The Bertz CT molecular complexity index is 526. The molecule has 0 saturated carbocycles. The van der Waals surface area contributed by atoms with Crippen LogP contribution in [0.5, 0.6) is 0 Å². The molecular weight excluding hydrogens is 322 g/mol. The van der Waals surface area contributed by atoms with Crippen molar-refractivity contribution in [1.29, 1.82) is 5.26 Å². The van der Waals surface area contributed by atoms with Gasteiger partial charge in [-0.2, -0.15) is 5.26 Å². The van der Waals surface area contributed by atoms with Gasteiger partial charge in [0.05, 0.1) is 20.3 Å². The minimum Gasteiger partial charge on any atom is -0.347 e. The van der Waals surface area contributed by atoms with Crippen LogP contribution in [0.25, 0.3) is 11.3 Å². The molecule has 0 aromatic carbocycles. The second kappa shape index (κ2) is 4.17. The Morgan fingerprint density at radius 3 is 2.80 bits per heavy atom. The zero-order valence-corrected chi connectivity index (χ0v) is 10.6. The monoisotopic (exact) mass is 325 g/mol. The number of H-pyrrole nitrogens is 1. The van der Waals surface area contributed by atoms with Crippen LogP contribution in [-0.4, -0.2) is 9.97 Å². The summed E-state index contributed by atoms with van der Waals surface area (Å²) in [6.45, 7) is 0. The molecule has 0 bridgehead atoms. The highest BCUT2D eigenvalue weighted by Crippen LogP contribution is 2.33. The molecular formula is C10H5Br2N3. The van der Waals surface area contributed by atoms with Gasteiger partial charge in [-0.25, -0.2) is 0 Å². The summed E-state index contributed by atoms with van der Waals surface area (Å²) in [7, 11) is 0. The van der Waals surface area contributed by atoms with Gasteiger partial charge < -0.3 is 4.98 Å². The molecule has 0 aliphatic rings. The van der Waals surface area contributed by atoms with Gasteiger partial charge in [-0.3, -0.25) is 4.98 Å². The first-order valence-corrected chi connectivity index (χ1v) is 5.70. The number of hydrogen-bond acceptors (Lipinski definition) is 2. The summed E-state index contributed by atoms with van der Waals surface area (Å²) in [6, 6.07) is 5.88. The predicted octanol–water partition coefficient (Wildman–Crippen LogP) is 3.47. The van der Waals surface area contributed by atoms with Crippen LogP contribution in [0.3, 0.4) is 0 Å². The molecule has 2 rings (SSSR count). The number of nitrogens with one attached hydrogen (secondary N) is 1. The molecule has 5 heteroatoms. The van der Waals surface area contributed by atoms with E-state index in [4.69, 9.17) is 5.26 Å². The summed E-state index contributed by atoms with van der Waals surface area (Å²) in [4.78, 5) is 7.10. The van der Waals surface area contributed by atoms with Crippen LogP contribution in [0.15, 0.2) is 33.6 Å². The van der Waals surface area contributed by atoms with Crippen LogP contribution in [-0.2, 0) is 0 Å². The maximum Gasteiger partial charge on any atom is 0.103 e. The predicted molar refractivity (Wildman–Crippen MR) is 64.1 cm³/mol. The van der Waals surface area contributed by atoms with E-state index < -0.39 is 0 Å². The van der Waals surface area contributed by atoms with Crippen molar-refractivity contribution < 1.29 is 0 Å².